The van der Waals surface area contributed by atoms with Crippen molar-refractivity contribution in [3.63, 3.8) is 0 Å². The van der Waals surface area contributed by atoms with Gasteiger partial charge in [0.15, 0.2) is 0 Å². The van der Waals surface area contributed by atoms with Crippen molar-refractivity contribution in [3.8, 4) is 5.88 Å². The van der Waals surface area contributed by atoms with Gasteiger partial charge in [-0.3, -0.25) is 4.79 Å². The first-order chi connectivity index (χ1) is 9.57. The number of aliphatic carboxylic acids is 1. The minimum absolute atomic E-state index is 0.115. The maximum Gasteiger partial charge on any atom is 0.305 e. The highest BCUT2D eigenvalue weighted by atomic mass is 16.5. The van der Waals surface area contributed by atoms with Crippen molar-refractivity contribution in [2.75, 3.05) is 19.1 Å². The van der Waals surface area contributed by atoms with E-state index < -0.39 is 11.5 Å². The lowest BCUT2D eigenvalue weighted by atomic mass is 9.78. The second-order valence-electron chi connectivity index (χ2n) is 5.31. The van der Waals surface area contributed by atoms with Gasteiger partial charge in [-0.25, -0.2) is 4.98 Å². The molecule has 0 radical (unpaired) electrons. The zero-order valence-corrected chi connectivity index (χ0v) is 12.0. The van der Waals surface area contributed by atoms with E-state index in [1.165, 1.54) is 0 Å². The zero-order valence-electron chi connectivity index (χ0n) is 12.0. The monoisotopic (exact) mass is 279 g/mol. The molecule has 20 heavy (non-hydrogen) atoms. The van der Waals surface area contributed by atoms with E-state index in [1.807, 2.05) is 11.9 Å². The van der Waals surface area contributed by atoms with Crippen LogP contribution in [0.4, 0.5) is 5.95 Å². The molecule has 0 spiro atoms. The van der Waals surface area contributed by atoms with Crippen LogP contribution >= 0.6 is 0 Å². The van der Waals surface area contributed by atoms with Gasteiger partial charge in [-0.15, -0.1) is 0 Å². The molecule has 6 nitrogen and oxygen atoms in total. The Morgan fingerprint density at radius 2 is 2.15 bits per heavy atom. The van der Waals surface area contributed by atoms with Crippen molar-refractivity contribution in [3.05, 3.63) is 12.3 Å². The first-order valence-corrected chi connectivity index (χ1v) is 6.90. The molecule has 1 aliphatic rings. The van der Waals surface area contributed by atoms with Gasteiger partial charge in [0.1, 0.15) is 0 Å². The fourth-order valence-electron chi connectivity index (χ4n) is 2.94. The highest BCUT2D eigenvalue weighted by Crippen LogP contribution is 2.37. The fraction of sp³-hybridized carbons (Fsp3) is 0.643. The summed E-state index contributed by atoms with van der Waals surface area (Å²) in [5.41, 5.74) is -0.392. The smallest absolute Gasteiger partial charge is 0.305 e. The van der Waals surface area contributed by atoms with Crippen LogP contribution in [0.15, 0.2) is 12.3 Å². The first kappa shape index (κ1) is 14.6. The van der Waals surface area contributed by atoms with Crippen LogP contribution in [0.5, 0.6) is 5.88 Å². The topological polar surface area (TPSA) is 75.5 Å². The zero-order chi connectivity index (χ0) is 14.6. The molecule has 0 aliphatic heterocycles. The molecule has 6 heteroatoms. The number of carboxylic acids is 1. The lowest BCUT2D eigenvalue weighted by Crippen LogP contribution is -2.50. The van der Waals surface area contributed by atoms with E-state index in [4.69, 9.17) is 4.74 Å². The molecule has 1 fully saturated rings. The number of hydrogen-bond donors (Lipinski definition) is 1. The molecular weight excluding hydrogens is 258 g/mol. The van der Waals surface area contributed by atoms with E-state index in [9.17, 15) is 9.90 Å². The van der Waals surface area contributed by atoms with E-state index in [1.54, 1.807) is 19.4 Å². The molecule has 0 saturated heterocycles. The first-order valence-electron chi connectivity index (χ1n) is 6.90. The van der Waals surface area contributed by atoms with Crippen LogP contribution < -0.4 is 9.64 Å². The molecular formula is C14H21N3O3. The molecule has 0 aromatic carbocycles. The Kier molecular flexibility index (Phi) is 4.42. The average molecular weight is 279 g/mol. The lowest BCUT2D eigenvalue weighted by Gasteiger charge is -2.43. The summed E-state index contributed by atoms with van der Waals surface area (Å²) < 4.78 is 5.11. The molecule has 1 aliphatic carbocycles. The Morgan fingerprint density at radius 3 is 2.75 bits per heavy atom. The molecule has 1 aromatic heterocycles. The van der Waals surface area contributed by atoms with Crippen molar-refractivity contribution >= 4 is 11.9 Å². The predicted molar refractivity (Wildman–Crippen MR) is 75.1 cm³/mol. The number of methoxy groups -OCH3 is 1. The van der Waals surface area contributed by atoms with Crippen molar-refractivity contribution in [2.45, 2.75) is 44.1 Å². The van der Waals surface area contributed by atoms with Gasteiger partial charge in [0.2, 0.25) is 11.8 Å². The van der Waals surface area contributed by atoms with E-state index in [0.29, 0.717) is 11.8 Å². The van der Waals surface area contributed by atoms with Gasteiger partial charge in [0.05, 0.1) is 19.1 Å². The number of carbonyl (C=O) groups is 1. The summed E-state index contributed by atoms with van der Waals surface area (Å²) in [6.07, 6.45) is 6.71. The lowest BCUT2D eigenvalue weighted by molar-refractivity contribution is -0.138. The van der Waals surface area contributed by atoms with Crippen LogP contribution in [0, 0.1) is 0 Å². The molecule has 1 heterocycles. The van der Waals surface area contributed by atoms with Gasteiger partial charge < -0.3 is 14.7 Å². The maximum absolute atomic E-state index is 11.2. The van der Waals surface area contributed by atoms with Gasteiger partial charge in [0.25, 0.3) is 0 Å². The van der Waals surface area contributed by atoms with Gasteiger partial charge in [-0.05, 0) is 12.8 Å². The van der Waals surface area contributed by atoms with E-state index in [-0.39, 0.29) is 6.42 Å². The molecule has 2 rings (SSSR count). The summed E-state index contributed by atoms with van der Waals surface area (Å²) in [6, 6.07) is 1.68. The van der Waals surface area contributed by atoms with Crippen LogP contribution in [-0.4, -0.2) is 40.7 Å². The third-order valence-corrected chi connectivity index (χ3v) is 4.10. The number of anilines is 1. The summed E-state index contributed by atoms with van der Waals surface area (Å²) >= 11 is 0. The Morgan fingerprint density at radius 1 is 1.45 bits per heavy atom. The van der Waals surface area contributed by atoms with Crippen LogP contribution in [0.2, 0.25) is 0 Å². The van der Waals surface area contributed by atoms with Crippen molar-refractivity contribution in [2.24, 2.45) is 0 Å². The second kappa shape index (κ2) is 6.07. The predicted octanol–water partition coefficient (Wildman–Crippen LogP) is 2.10. The number of ether oxygens (including phenoxy) is 1. The summed E-state index contributed by atoms with van der Waals surface area (Å²) in [6.45, 7) is 0. The second-order valence-corrected chi connectivity index (χ2v) is 5.31. The molecule has 1 N–H and O–H groups in total. The average Bonchev–Trinajstić information content (AvgIpc) is 2.46. The third-order valence-electron chi connectivity index (χ3n) is 4.10. The number of rotatable bonds is 5. The van der Waals surface area contributed by atoms with Gasteiger partial charge in [-0.1, -0.05) is 19.3 Å². The highest BCUT2D eigenvalue weighted by molar-refractivity contribution is 5.69. The molecule has 1 aromatic rings. The molecule has 110 valence electrons. The van der Waals surface area contributed by atoms with Crippen molar-refractivity contribution in [1.82, 2.24) is 9.97 Å². The van der Waals surface area contributed by atoms with E-state index in [0.717, 1.165) is 32.1 Å². The van der Waals surface area contributed by atoms with Gasteiger partial charge >= 0.3 is 5.97 Å². The van der Waals surface area contributed by atoms with Gasteiger partial charge in [0, 0.05) is 19.3 Å². The Labute approximate surface area is 118 Å². The SMILES string of the molecule is COc1ccnc(N(C)C2(CC(=O)O)CCCCC2)n1. The fourth-order valence-corrected chi connectivity index (χ4v) is 2.94. The van der Waals surface area contributed by atoms with Gasteiger partial charge in [-0.2, -0.15) is 4.98 Å². The number of nitrogens with zero attached hydrogens (tertiary/aromatic N) is 3. The van der Waals surface area contributed by atoms with Crippen LogP contribution in [-0.2, 0) is 4.79 Å². The summed E-state index contributed by atoms with van der Waals surface area (Å²) in [4.78, 5) is 21.7. The normalized spacial score (nSPS) is 17.5. The molecule has 0 amide bonds. The number of aromatic nitrogens is 2. The Hall–Kier alpha value is -1.85. The molecule has 0 atom stereocenters. The van der Waals surface area contributed by atoms with Crippen LogP contribution in [0.3, 0.4) is 0 Å². The molecule has 0 bridgehead atoms. The Bertz CT molecular complexity index is 472. The van der Waals surface area contributed by atoms with Crippen LogP contribution in [0.25, 0.3) is 0 Å². The van der Waals surface area contributed by atoms with Crippen molar-refractivity contribution in [1.29, 1.82) is 0 Å². The standard InChI is InChI=1S/C14H21N3O3/c1-17(13-15-9-6-11(16-13)20-2)14(10-12(18)19)7-4-3-5-8-14/h6,9H,3-5,7-8,10H2,1-2H3,(H,18,19). The largest absolute Gasteiger partial charge is 0.481 e. The maximum atomic E-state index is 11.2. The van der Waals surface area contributed by atoms with Crippen molar-refractivity contribution < 1.29 is 14.6 Å². The summed E-state index contributed by atoms with van der Waals surface area (Å²) in [5, 5.41) is 9.24. The van der Waals surface area contributed by atoms with Crippen LogP contribution in [0.1, 0.15) is 38.5 Å². The minimum atomic E-state index is -0.776. The Balaban J connectivity index is 2.29. The highest BCUT2D eigenvalue weighted by Gasteiger charge is 2.39. The number of carboxylic acid groups (broad SMARTS) is 1. The van der Waals surface area contributed by atoms with E-state index >= 15 is 0 Å². The minimum Gasteiger partial charge on any atom is -0.481 e. The third kappa shape index (κ3) is 3.00. The van der Waals surface area contributed by atoms with E-state index in [2.05, 4.69) is 9.97 Å². The summed E-state index contributed by atoms with van der Waals surface area (Å²) in [7, 11) is 3.43. The molecule has 1 saturated carbocycles. The molecule has 0 unspecified atom stereocenters. The number of hydrogen-bond acceptors (Lipinski definition) is 5. The summed E-state index contributed by atoms with van der Waals surface area (Å²) in [5.74, 6) is 0.234. The quantitative estimate of drug-likeness (QED) is 0.889.